The molecule has 0 amide bonds. The summed E-state index contributed by atoms with van der Waals surface area (Å²) in [4.78, 5) is 9.31. The van der Waals surface area contributed by atoms with Crippen LogP contribution in [-0.4, -0.2) is 9.97 Å². The second-order valence-corrected chi connectivity index (χ2v) is 5.86. The van der Waals surface area contributed by atoms with E-state index >= 15 is 0 Å². The van der Waals surface area contributed by atoms with Gasteiger partial charge in [0.05, 0.1) is 16.7 Å². The van der Waals surface area contributed by atoms with Crippen molar-refractivity contribution in [3.63, 3.8) is 0 Å². The Labute approximate surface area is 133 Å². The molecule has 0 fully saturated rings. The molecule has 2 aromatic heterocycles. The molecule has 0 aliphatic rings. The Morgan fingerprint density at radius 3 is 2.55 bits per heavy atom. The molecule has 106 valence electrons. The lowest BCUT2D eigenvalue weighted by Gasteiger charge is -2.06. The van der Waals surface area contributed by atoms with Gasteiger partial charge in [-0.2, -0.15) is 0 Å². The second kappa shape index (κ2) is 5.08. The fourth-order valence-electron chi connectivity index (χ4n) is 2.62. The SMILES string of the molecule is Cc1ccc(-c2ccc3cnc4ccc(Cl)cc4c3n2)cc1. The van der Waals surface area contributed by atoms with E-state index in [0.717, 1.165) is 33.1 Å². The molecule has 0 aliphatic carbocycles. The highest BCUT2D eigenvalue weighted by molar-refractivity contribution is 6.31. The van der Waals surface area contributed by atoms with Crippen LogP contribution in [0.2, 0.25) is 5.02 Å². The molecule has 2 nitrogen and oxygen atoms in total. The lowest BCUT2D eigenvalue weighted by Crippen LogP contribution is -1.89. The number of aromatic nitrogens is 2. The molecule has 22 heavy (non-hydrogen) atoms. The molecule has 2 heterocycles. The van der Waals surface area contributed by atoms with Gasteiger partial charge in [-0.1, -0.05) is 41.4 Å². The Bertz CT molecular complexity index is 991. The molecule has 0 N–H and O–H groups in total. The minimum absolute atomic E-state index is 0.698. The summed E-state index contributed by atoms with van der Waals surface area (Å²) >= 11 is 6.14. The zero-order chi connectivity index (χ0) is 15.1. The van der Waals surface area contributed by atoms with Crippen LogP contribution in [0.4, 0.5) is 0 Å². The van der Waals surface area contributed by atoms with Crippen molar-refractivity contribution in [1.29, 1.82) is 0 Å². The van der Waals surface area contributed by atoms with Gasteiger partial charge in [0.15, 0.2) is 0 Å². The van der Waals surface area contributed by atoms with Gasteiger partial charge in [0, 0.05) is 27.6 Å². The summed E-state index contributed by atoms with van der Waals surface area (Å²) in [6, 6.07) is 18.2. The largest absolute Gasteiger partial charge is 0.255 e. The normalized spacial score (nSPS) is 11.2. The highest BCUT2D eigenvalue weighted by atomic mass is 35.5. The third-order valence-electron chi connectivity index (χ3n) is 3.83. The van der Waals surface area contributed by atoms with Gasteiger partial charge in [-0.25, -0.2) is 4.98 Å². The zero-order valence-corrected chi connectivity index (χ0v) is 12.8. The average Bonchev–Trinajstić information content (AvgIpc) is 2.55. The molecule has 4 aromatic rings. The molecular weight excluding hydrogens is 292 g/mol. The number of pyridine rings is 2. The number of benzene rings is 2. The minimum Gasteiger partial charge on any atom is -0.255 e. The van der Waals surface area contributed by atoms with Crippen molar-refractivity contribution in [2.75, 3.05) is 0 Å². The molecule has 4 rings (SSSR count). The van der Waals surface area contributed by atoms with E-state index in [2.05, 4.69) is 42.2 Å². The van der Waals surface area contributed by atoms with Gasteiger partial charge in [-0.05, 0) is 37.3 Å². The van der Waals surface area contributed by atoms with Gasteiger partial charge in [0.2, 0.25) is 0 Å². The number of halogens is 1. The van der Waals surface area contributed by atoms with E-state index in [0.29, 0.717) is 5.02 Å². The second-order valence-electron chi connectivity index (χ2n) is 5.42. The smallest absolute Gasteiger partial charge is 0.0819 e. The van der Waals surface area contributed by atoms with Crippen molar-refractivity contribution < 1.29 is 0 Å². The highest BCUT2D eigenvalue weighted by Gasteiger charge is 2.06. The van der Waals surface area contributed by atoms with Crippen LogP contribution in [0.25, 0.3) is 33.1 Å². The van der Waals surface area contributed by atoms with Gasteiger partial charge >= 0.3 is 0 Å². The monoisotopic (exact) mass is 304 g/mol. The summed E-state index contributed by atoms with van der Waals surface area (Å²) in [5.41, 5.74) is 5.15. The van der Waals surface area contributed by atoms with Crippen molar-refractivity contribution in [3.8, 4) is 11.3 Å². The predicted octanol–water partition coefficient (Wildman–Crippen LogP) is 5.41. The summed E-state index contributed by atoms with van der Waals surface area (Å²) < 4.78 is 0. The van der Waals surface area contributed by atoms with E-state index in [4.69, 9.17) is 16.6 Å². The number of hydrogen-bond acceptors (Lipinski definition) is 2. The molecule has 0 unspecified atom stereocenters. The highest BCUT2D eigenvalue weighted by Crippen LogP contribution is 2.27. The first-order chi connectivity index (χ1) is 10.7. The van der Waals surface area contributed by atoms with Crippen LogP contribution in [0.5, 0.6) is 0 Å². The topological polar surface area (TPSA) is 25.8 Å². The molecule has 0 bridgehead atoms. The molecular formula is C19H13ClN2. The van der Waals surface area contributed by atoms with Crippen molar-refractivity contribution in [2.24, 2.45) is 0 Å². The quantitative estimate of drug-likeness (QED) is 0.439. The third kappa shape index (κ3) is 2.22. The van der Waals surface area contributed by atoms with Gasteiger partial charge in [0.1, 0.15) is 0 Å². The van der Waals surface area contributed by atoms with Crippen LogP contribution in [0, 0.1) is 6.92 Å². The van der Waals surface area contributed by atoms with Crippen LogP contribution in [-0.2, 0) is 0 Å². The van der Waals surface area contributed by atoms with E-state index < -0.39 is 0 Å². The molecule has 3 heteroatoms. The molecule has 0 radical (unpaired) electrons. The first-order valence-electron chi connectivity index (χ1n) is 7.13. The van der Waals surface area contributed by atoms with Crippen molar-refractivity contribution in [2.45, 2.75) is 6.92 Å². The Balaban J connectivity index is 2.00. The number of fused-ring (bicyclic) bond motifs is 3. The summed E-state index contributed by atoms with van der Waals surface area (Å²) in [7, 11) is 0. The molecule has 0 atom stereocenters. The van der Waals surface area contributed by atoms with Gasteiger partial charge in [0.25, 0.3) is 0 Å². The molecule has 0 saturated heterocycles. The van der Waals surface area contributed by atoms with E-state index in [-0.39, 0.29) is 0 Å². The first-order valence-corrected chi connectivity index (χ1v) is 7.50. The van der Waals surface area contributed by atoms with Gasteiger partial charge < -0.3 is 0 Å². The van der Waals surface area contributed by atoms with E-state index in [1.54, 1.807) is 0 Å². The third-order valence-corrected chi connectivity index (χ3v) is 4.07. The maximum Gasteiger partial charge on any atom is 0.0819 e. The fourth-order valence-corrected chi connectivity index (χ4v) is 2.80. The predicted molar refractivity (Wildman–Crippen MR) is 92.2 cm³/mol. The van der Waals surface area contributed by atoms with Gasteiger partial charge in [-0.15, -0.1) is 0 Å². The molecule has 0 aliphatic heterocycles. The van der Waals surface area contributed by atoms with Crippen molar-refractivity contribution in [3.05, 3.63) is 71.4 Å². The summed E-state index contributed by atoms with van der Waals surface area (Å²) in [5, 5.41) is 2.70. The van der Waals surface area contributed by atoms with E-state index in [1.165, 1.54) is 5.56 Å². The maximum absolute atomic E-state index is 6.14. The number of hydrogen-bond donors (Lipinski definition) is 0. The minimum atomic E-state index is 0.698. The van der Waals surface area contributed by atoms with Crippen LogP contribution in [0.15, 0.2) is 60.8 Å². The Morgan fingerprint density at radius 1 is 0.909 bits per heavy atom. The zero-order valence-electron chi connectivity index (χ0n) is 12.0. The maximum atomic E-state index is 6.14. The van der Waals surface area contributed by atoms with Crippen LogP contribution in [0.3, 0.4) is 0 Å². The fraction of sp³-hybridized carbons (Fsp3) is 0.0526. The molecule has 0 spiro atoms. The Kier molecular flexibility index (Phi) is 3.05. The number of aryl methyl sites for hydroxylation is 1. The lowest BCUT2D eigenvalue weighted by molar-refractivity contribution is 1.37. The average molecular weight is 305 g/mol. The van der Waals surface area contributed by atoms with Crippen molar-refractivity contribution >= 4 is 33.4 Å². The Morgan fingerprint density at radius 2 is 1.73 bits per heavy atom. The first kappa shape index (κ1) is 13.2. The Hall–Kier alpha value is -2.45. The molecule has 0 saturated carbocycles. The summed E-state index contributed by atoms with van der Waals surface area (Å²) in [6.07, 6.45) is 1.86. The lowest BCUT2D eigenvalue weighted by atomic mass is 10.1. The number of nitrogens with zero attached hydrogens (tertiary/aromatic N) is 2. The van der Waals surface area contributed by atoms with E-state index in [9.17, 15) is 0 Å². The number of rotatable bonds is 1. The van der Waals surface area contributed by atoms with E-state index in [1.807, 2.05) is 30.5 Å². The summed E-state index contributed by atoms with van der Waals surface area (Å²) in [5.74, 6) is 0. The van der Waals surface area contributed by atoms with Crippen molar-refractivity contribution in [1.82, 2.24) is 9.97 Å². The van der Waals surface area contributed by atoms with Crippen LogP contribution < -0.4 is 0 Å². The van der Waals surface area contributed by atoms with Crippen LogP contribution >= 0.6 is 11.6 Å². The molecule has 2 aromatic carbocycles. The van der Waals surface area contributed by atoms with Gasteiger partial charge in [-0.3, -0.25) is 4.98 Å². The summed E-state index contributed by atoms with van der Waals surface area (Å²) in [6.45, 7) is 2.08. The standard InChI is InChI=1S/C19H13ClN2/c1-12-2-4-13(5-3-12)17-8-6-14-11-21-18-9-7-15(20)10-16(18)19(14)22-17/h2-11H,1H3. The van der Waals surface area contributed by atoms with Crippen LogP contribution in [0.1, 0.15) is 5.56 Å².